The van der Waals surface area contributed by atoms with Crippen LogP contribution in [-0.2, 0) is 6.54 Å². The minimum absolute atomic E-state index is 0.116. The standard InChI is InChI=1S/C14H18FN/c15-14-8-4-3-7-13(14)11-16-10-9-12-5-1-2-6-12/h3-5,7-8,16H,1-2,6,9-11H2. The zero-order chi connectivity index (χ0) is 11.2. The van der Waals surface area contributed by atoms with Crippen LogP contribution >= 0.6 is 0 Å². The number of hydrogen-bond acceptors (Lipinski definition) is 1. The first-order valence-corrected chi connectivity index (χ1v) is 5.98. The molecule has 0 unspecified atom stereocenters. The van der Waals surface area contributed by atoms with Crippen molar-refractivity contribution in [2.75, 3.05) is 6.54 Å². The number of benzene rings is 1. The molecule has 0 amide bonds. The highest BCUT2D eigenvalue weighted by molar-refractivity contribution is 5.17. The molecule has 2 heteroatoms. The number of halogens is 1. The highest BCUT2D eigenvalue weighted by atomic mass is 19.1. The van der Waals surface area contributed by atoms with Gasteiger partial charge in [-0.25, -0.2) is 4.39 Å². The maximum atomic E-state index is 13.3. The minimum Gasteiger partial charge on any atom is -0.312 e. The van der Waals surface area contributed by atoms with E-state index in [1.165, 1.54) is 25.3 Å². The van der Waals surface area contributed by atoms with Gasteiger partial charge in [-0.2, -0.15) is 0 Å². The SMILES string of the molecule is Fc1ccccc1CNCCC1=CCCC1. The average molecular weight is 219 g/mol. The predicted molar refractivity (Wildman–Crippen MR) is 64.7 cm³/mol. The molecule has 1 aliphatic rings. The fourth-order valence-electron chi connectivity index (χ4n) is 2.08. The molecule has 0 saturated carbocycles. The van der Waals surface area contributed by atoms with Crippen molar-refractivity contribution in [3.63, 3.8) is 0 Å². The molecule has 16 heavy (non-hydrogen) atoms. The Hall–Kier alpha value is -1.15. The van der Waals surface area contributed by atoms with Crippen molar-refractivity contribution < 1.29 is 4.39 Å². The molecule has 1 aliphatic carbocycles. The molecular weight excluding hydrogens is 201 g/mol. The smallest absolute Gasteiger partial charge is 0.127 e. The summed E-state index contributed by atoms with van der Waals surface area (Å²) in [6, 6.07) is 6.94. The van der Waals surface area contributed by atoms with Crippen LogP contribution in [0.5, 0.6) is 0 Å². The van der Waals surface area contributed by atoms with Gasteiger partial charge in [0.05, 0.1) is 0 Å². The second-order valence-corrected chi connectivity index (χ2v) is 4.27. The minimum atomic E-state index is -0.116. The van der Waals surface area contributed by atoms with Gasteiger partial charge in [-0.05, 0) is 38.3 Å². The highest BCUT2D eigenvalue weighted by Gasteiger charge is 2.04. The third kappa shape index (κ3) is 3.17. The van der Waals surface area contributed by atoms with Crippen molar-refractivity contribution in [2.24, 2.45) is 0 Å². The summed E-state index contributed by atoms with van der Waals surface area (Å²) in [7, 11) is 0. The fourth-order valence-corrected chi connectivity index (χ4v) is 2.08. The van der Waals surface area contributed by atoms with Crippen LogP contribution in [0.1, 0.15) is 31.2 Å². The normalized spacial score (nSPS) is 15.2. The maximum Gasteiger partial charge on any atom is 0.127 e. The van der Waals surface area contributed by atoms with E-state index in [4.69, 9.17) is 0 Å². The predicted octanol–water partition coefficient (Wildman–Crippen LogP) is 3.42. The lowest BCUT2D eigenvalue weighted by atomic mass is 10.1. The van der Waals surface area contributed by atoms with Gasteiger partial charge < -0.3 is 5.32 Å². The van der Waals surface area contributed by atoms with Crippen LogP contribution in [-0.4, -0.2) is 6.54 Å². The van der Waals surface area contributed by atoms with Crippen LogP contribution in [0.25, 0.3) is 0 Å². The Kier molecular flexibility index (Phi) is 4.11. The molecule has 0 fully saturated rings. The molecule has 0 spiro atoms. The van der Waals surface area contributed by atoms with Crippen LogP contribution < -0.4 is 5.32 Å². The summed E-state index contributed by atoms with van der Waals surface area (Å²) < 4.78 is 13.3. The van der Waals surface area contributed by atoms with Gasteiger partial charge in [0.2, 0.25) is 0 Å². The first-order chi connectivity index (χ1) is 7.86. The Labute approximate surface area is 96.4 Å². The zero-order valence-electron chi connectivity index (χ0n) is 9.51. The number of nitrogens with one attached hydrogen (secondary N) is 1. The molecule has 0 radical (unpaired) electrons. The number of allylic oxidation sites excluding steroid dienone is 1. The third-order valence-corrected chi connectivity index (χ3v) is 3.03. The van der Waals surface area contributed by atoms with Crippen LogP contribution in [0.4, 0.5) is 4.39 Å². The van der Waals surface area contributed by atoms with E-state index in [1.54, 1.807) is 11.6 Å². The molecular formula is C14H18FN. The van der Waals surface area contributed by atoms with Gasteiger partial charge in [-0.15, -0.1) is 0 Å². The van der Waals surface area contributed by atoms with Crippen molar-refractivity contribution in [1.82, 2.24) is 5.32 Å². The number of hydrogen-bond donors (Lipinski definition) is 1. The average Bonchev–Trinajstić information content (AvgIpc) is 2.79. The van der Waals surface area contributed by atoms with Crippen molar-refractivity contribution >= 4 is 0 Å². The van der Waals surface area contributed by atoms with E-state index in [9.17, 15) is 4.39 Å². The second kappa shape index (κ2) is 5.80. The summed E-state index contributed by atoms with van der Waals surface area (Å²) >= 11 is 0. The summed E-state index contributed by atoms with van der Waals surface area (Å²) in [6.07, 6.45) is 7.24. The maximum absolute atomic E-state index is 13.3. The lowest BCUT2D eigenvalue weighted by Gasteiger charge is -2.06. The van der Waals surface area contributed by atoms with Crippen LogP contribution in [0, 0.1) is 5.82 Å². The highest BCUT2D eigenvalue weighted by Crippen LogP contribution is 2.19. The summed E-state index contributed by atoms with van der Waals surface area (Å²) in [5.74, 6) is -0.116. The molecule has 2 rings (SSSR count). The van der Waals surface area contributed by atoms with E-state index in [2.05, 4.69) is 11.4 Å². The molecule has 0 aromatic heterocycles. The van der Waals surface area contributed by atoms with Crippen LogP contribution in [0.3, 0.4) is 0 Å². The van der Waals surface area contributed by atoms with E-state index >= 15 is 0 Å². The quantitative estimate of drug-likeness (QED) is 0.591. The first-order valence-electron chi connectivity index (χ1n) is 5.98. The van der Waals surface area contributed by atoms with Gasteiger partial charge in [0.15, 0.2) is 0 Å². The van der Waals surface area contributed by atoms with Gasteiger partial charge in [0.25, 0.3) is 0 Å². The Bertz CT molecular complexity index is 371. The van der Waals surface area contributed by atoms with E-state index in [1.807, 2.05) is 12.1 Å². The van der Waals surface area contributed by atoms with Crippen LogP contribution in [0.2, 0.25) is 0 Å². The largest absolute Gasteiger partial charge is 0.312 e. The van der Waals surface area contributed by atoms with Gasteiger partial charge in [-0.1, -0.05) is 29.8 Å². The fraction of sp³-hybridized carbons (Fsp3) is 0.429. The monoisotopic (exact) mass is 219 g/mol. The van der Waals surface area contributed by atoms with Gasteiger partial charge in [0.1, 0.15) is 5.82 Å². The molecule has 1 nitrogen and oxygen atoms in total. The summed E-state index contributed by atoms with van der Waals surface area (Å²) in [5, 5.41) is 3.29. The Morgan fingerprint density at radius 2 is 2.12 bits per heavy atom. The zero-order valence-corrected chi connectivity index (χ0v) is 9.51. The summed E-state index contributed by atoms with van der Waals surface area (Å²) in [4.78, 5) is 0. The molecule has 1 aromatic rings. The third-order valence-electron chi connectivity index (χ3n) is 3.03. The van der Waals surface area contributed by atoms with E-state index < -0.39 is 0 Å². The molecule has 0 atom stereocenters. The lowest BCUT2D eigenvalue weighted by molar-refractivity contribution is 0.587. The molecule has 0 heterocycles. The Morgan fingerprint density at radius 3 is 2.88 bits per heavy atom. The van der Waals surface area contributed by atoms with E-state index in [-0.39, 0.29) is 5.82 Å². The van der Waals surface area contributed by atoms with Gasteiger partial charge >= 0.3 is 0 Å². The summed E-state index contributed by atoms with van der Waals surface area (Å²) in [5.41, 5.74) is 2.31. The van der Waals surface area contributed by atoms with Crippen molar-refractivity contribution in [3.8, 4) is 0 Å². The van der Waals surface area contributed by atoms with E-state index in [0.29, 0.717) is 6.54 Å². The Balaban J connectivity index is 1.70. The summed E-state index contributed by atoms with van der Waals surface area (Å²) in [6.45, 7) is 1.57. The van der Waals surface area contributed by atoms with Crippen LogP contribution in [0.15, 0.2) is 35.9 Å². The van der Waals surface area contributed by atoms with Gasteiger partial charge in [0, 0.05) is 12.1 Å². The Morgan fingerprint density at radius 1 is 1.25 bits per heavy atom. The van der Waals surface area contributed by atoms with Crippen molar-refractivity contribution in [3.05, 3.63) is 47.3 Å². The molecule has 1 N–H and O–H groups in total. The number of rotatable bonds is 5. The van der Waals surface area contributed by atoms with Crippen molar-refractivity contribution in [1.29, 1.82) is 0 Å². The second-order valence-electron chi connectivity index (χ2n) is 4.27. The molecule has 0 saturated heterocycles. The van der Waals surface area contributed by atoms with Gasteiger partial charge in [-0.3, -0.25) is 0 Å². The van der Waals surface area contributed by atoms with E-state index in [0.717, 1.165) is 18.5 Å². The molecule has 0 aliphatic heterocycles. The first kappa shape index (κ1) is 11.3. The molecule has 1 aromatic carbocycles. The van der Waals surface area contributed by atoms with Crippen molar-refractivity contribution in [2.45, 2.75) is 32.2 Å². The molecule has 86 valence electrons. The lowest BCUT2D eigenvalue weighted by Crippen LogP contribution is -2.15. The molecule has 0 bridgehead atoms. The topological polar surface area (TPSA) is 12.0 Å².